The number of morpholine rings is 1. The van der Waals surface area contributed by atoms with E-state index >= 15 is 0 Å². The smallest absolute Gasteiger partial charge is 0.183 e. The minimum atomic E-state index is 0.0645. The number of carbonyl (C=O) groups excluding carboxylic acids is 2. The Morgan fingerprint density at radius 3 is 1.97 bits per heavy atom. The van der Waals surface area contributed by atoms with E-state index in [4.69, 9.17) is 4.74 Å². The summed E-state index contributed by atoms with van der Waals surface area (Å²) in [5.41, 5.74) is 6.09. The Kier molecular flexibility index (Phi) is 6.77. The molecule has 1 saturated heterocycles. The van der Waals surface area contributed by atoms with Gasteiger partial charge in [0.05, 0.1) is 30.3 Å². The zero-order valence-electron chi connectivity index (χ0n) is 19.4. The van der Waals surface area contributed by atoms with Gasteiger partial charge in [-0.2, -0.15) is 0 Å². The van der Waals surface area contributed by atoms with E-state index < -0.39 is 0 Å². The average molecular weight is 469 g/mol. The summed E-state index contributed by atoms with van der Waals surface area (Å²) in [5.74, 6) is 0.132. The zero-order valence-corrected chi connectivity index (χ0v) is 19.4. The summed E-state index contributed by atoms with van der Waals surface area (Å²) in [7, 11) is 0. The second-order valence-electron chi connectivity index (χ2n) is 8.67. The van der Waals surface area contributed by atoms with Crippen LogP contribution in [0.1, 0.15) is 32.1 Å². The first-order valence-electron chi connectivity index (χ1n) is 11.8. The van der Waals surface area contributed by atoms with Crippen molar-refractivity contribution in [2.45, 2.75) is 12.8 Å². The fourth-order valence-corrected chi connectivity index (χ4v) is 4.19. The number of rotatable bonds is 9. The normalized spacial score (nSPS) is 13.5. The highest BCUT2D eigenvalue weighted by atomic mass is 16.5. The van der Waals surface area contributed by atoms with Gasteiger partial charge in [0.25, 0.3) is 0 Å². The minimum Gasteiger partial charge on any atom is -0.378 e. The van der Waals surface area contributed by atoms with Gasteiger partial charge in [-0.25, -0.2) is 0 Å². The monoisotopic (exact) mass is 468 g/mol. The third-order valence-electron chi connectivity index (χ3n) is 6.17. The van der Waals surface area contributed by atoms with Gasteiger partial charge in [-0.1, -0.05) is 24.3 Å². The first kappa shape index (κ1) is 22.7. The second-order valence-corrected chi connectivity index (χ2v) is 8.67. The molecular formula is C28H28N4O3. The highest BCUT2D eigenvalue weighted by molar-refractivity contribution is 5.97. The Morgan fingerprint density at radius 1 is 0.800 bits per heavy atom. The van der Waals surface area contributed by atoms with Crippen LogP contribution in [0.4, 0.5) is 17.1 Å². The molecule has 4 aromatic rings. The van der Waals surface area contributed by atoms with Crippen molar-refractivity contribution in [2.24, 2.45) is 0 Å². The molecule has 3 N–H and O–H groups in total. The maximum atomic E-state index is 12.8. The molecule has 0 atom stereocenters. The van der Waals surface area contributed by atoms with Gasteiger partial charge in [0.1, 0.15) is 0 Å². The van der Waals surface area contributed by atoms with Gasteiger partial charge in [-0.05, 0) is 53.6 Å². The molecule has 0 aliphatic carbocycles. The van der Waals surface area contributed by atoms with Crippen molar-refractivity contribution in [1.29, 1.82) is 0 Å². The molecule has 0 spiro atoms. The number of ketones is 2. The minimum absolute atomic E-state index is 0.0645. The molecule has 1 aliphatic heterocycles. The van der Waals surface area contributed by atoms with E-state index in [2.05, 4.69) is 20.2 Å². The second kappa shape index (κ2) is 10.4. The van der Waals surface area contributed by atoms with E-state index in [9.17, 15) is 9.59 Å². The Hall–Kier alpha value is -4.10. The van der Waals surface area contributed by atoms with Crippen LogP contribution in [-0.2, 0) is 17.6 Å². The van der Waals surface area contributed by atoms with Gasteiger partial charge < -0.3 is 24.9 Å². The van der Waals surface area contributed by atoms with Gasteiger partial charge in [0, 0.05) is 49.7 Å². The van der Waals surface area contributed by atoms with Crippen molar-refractivity contribution in [1.82, 2.24) is 9.97 Å². The first-order valence-corrected chi connectivity index (χ1v) is 11.8. The number of carbonyl (C=O) groups is 2. The van der Waals surface area contributed by atoms with Crippen LogP contribution >= 0.6 is 0 Å². The number of benzene rings is 2. The fraction of sp³-hybridized carbons (Fsp3) is 0.214. The number of hydrogen-bond donors (Lipinski definition) is 3. The van der Waals surface area contributed by atoms with Crippen LogP contribution in [0.3, 0.4) is 0 Å². The largest absolute Gasteiger partial charge is 0.378 e. The van der Waals surface area contributed by atoms with E-state index in [0.717, 1.165) is 41.3 Å². The van der Waals surface area contributed by atoms with Crippen molar-refractivity contribution < 1.29 is 14.3 Å². The maximum Gasteiger partial charge on any atom is 0.183 e. The topological polar surface area (TPSA) is 90.2 Å². The predicted molar refractivity (Wildman–Crippen MR) is 137 cm³/mol. The number of H-pyrrole nitrogens is 2. The molecule has 3 heterocycles. The number of nitrogens with one attached hydrogen (secondary N) is 3. The highest BCUT2D eigenvalue weighted by Gasteiger charge is 2.16. The van der Waals surface area contributed by atoms with Gasteiger partial charge in [-0.15, -0.1) is 0 Å². The highest BCUT2D eigenvalue weighted by Crippen LogP contribution is 2.21. The lowest BCUT2D eigenvalue weighted by Crippen LogP contribution is -2.35. The molecule has 0 amide bonds. The molecule has 0 saturated carbocycles. The lowest BCUT2D eigenvalue weighted by Gasteiger charge is -2.27. The first-order chi connectivity index (χ1) is 17.1. The van der Waals surface area contributed by atoms with Crippen LogP contribution in [0.5, 0.6) is 0 Å². The summed E-state index contributed by atoms with van der Waals surface area (Å²) in [4.78, 5) is 33.3. The SMILES string of the molecule is O=C(Cc1ccc(Nc2ccc(CC(=O)c3cc(N4CCOCC4)c[nH]3)cc2)cc1)c1ccc[nH]1. The van der Waals surface area contributed by atoms with Gasteiger partial charge >= 0.3 is 0 Å². The van der Waals surface area contributed by atoms with Crippen molar-refractivity contribution in [3.8, 4) is 0 Å². The number of aromatic amines is 2. The van der Waals surface area contributed by atoms with Crippen LogP contribution < -0.4 is 10.2 Å². The number of hydrogen-bond acceptors (Lipinski definition) is 5. The molecule has 2 aromatic carbocycles. The van der Waals surface area contributed by atoms with E-state index in [-0.39, 0.29) is 11.6 Å². The summed E-state index contributed by atoms with van der Waals surface area (Å²) < 4.78 is 5.40. The summed E-state index contributed by atoms with van der Waals surface area (Å²) in [6, 6.07) is 21.3. The Bertz CT molecular complexity index is 1270. The number of Topliss-reactive ketones (excluding diaryl/α,β-unsaturated/α-hetero) is 2. The van der Waals surface area contributed by atoms with E-state index in [1.54, 1.807) is 12.3 Å². The Labute approximate surface area is 204 Å². The predicted octanol–water partition coefficient (Wildman–Crippen LogP) is 4.77. The molecule has 35 heavy (non-hydrogen) atoms. The van der Waals surface area contributed by atoms with Crippen LogP contribution in [-0.4, -0.2) is 47.8 Å². The van der Waals surface area contributed by atoms with Gasteiger partial charge in [0.15, 0.2) is 11.6 Å². The summed E-state index contributed by atoms with van der Waals surface area (Å²) in [6.07, 6.45) is 4.35. The number of anilines is 3. The molecule has 0 unspecified atom stereocenters. The quantitative estimate of drug-likeness (QED) is 0.308. The summed E-state index contributed by atoms with van der Waals surface area (Å²) in [6.45, 7) is 3.11. The van der Waals surface area contributed by atoms with Crippen molar-refractivity contribution >= 4 is 28.6 Å². The molecule has 178 valence electrons. The molecule has 7 heteroatoms. The number of aromatic nitrogens is 2. The molecule has 2 aromatic heterocycles. The third-order valence-corrected chi connectivity index (χ3v) is 6.17. The molecular weight excluding hydrogens is 440 g/mol. The Morgan fingerprint density at radius 2 is 1.40 bits per heavy atom. The summed E-state index contributed by atoms with van der Waals surface area (Å²) >= 11 is 0. The number of ether oxygens (including phenoxy) is 1. The molecule has 0 bridgehead atoms. The zero-order chi connectivity index (χ0) is 24.0. The number of nitrogens with zero attached hydrogens (tertiary/aromatic N) is 1. The van der Waals surface area contributed by atoms with Gasteiger partial charge in [0.2, 0.25) is 0 Å². The average Bonchev–Trinajstić information content (AvgIpc) is 3.60. The summed E-state index contributed by atoms with van der Waals surface area (Å²) in [5, 5.41) is 3.37. The fourth-order valence-electron chi connectivity index (χ4n) is 4.19. The van der Waals surface area contributed by atoms with Gasteiger partial charge in [-0.3, -0.25) is 9.59 Å². The molecule has 0 radical (unpaired) electrons. The van der Waals surface area contributed by atoms with Crippen LogP contribution in [0, 0.1) is 0 Å². The standard InChI is InChI=1S/C28H28N4O3/c33-27(25-2-1-11-29-25)16-20-3-7-22(8-4-20)31-23-9-5-21(6-10-23)17-28(34)26-18-24(19-30-26)32-12-14-35-15-13-32/h1-11,18-19,29-31H,12-17H2. The lowest BCUT2D eigenvalue weighted by molar-refractivity contribution is 0.0980. The van der Waals surface area contributed by atoms with Crippen molar-refractivity contribution in [2.75, 3.05) is 36.5 Å². The van der Waals surface area contributed by atoms with Crippen LogP contribution in [0.2, 0.25) is 0 Å². The van der Waals surface area contributed by atoms with Crippen LogP contribution in [0.15, 0.2) is 79.1 Å². The van der Waals surface area contributed by atoms with Crippen molar-refractivity contribution in [3.63, 3.8) is 0 Å². The Balaban J connectivity index is 1.14. The lowest BCUT2D eigenvalue weighted by atomic mass is 10.1. The van der Waals surface area contributed by atoms with E-state index in [1.807, 2.05) is 66.9 Å². The molecule has 7 nitrogen and oxygen atoms in total. The van der Waals surface area contributed by atoms with E-state index in [1.165, 1.54) is 0 Å². The third kappa shape index (κ3) is 5.70. The van der Waals surface area contributed by atoms with Crippen LogP contribution in [0.25, 0.3) is 0 Å². The molecule has 1 aliphatic rings. The maximum absolute atomic E-state index is 12.8. The van der Waals surface area contributed by atoms with E-state index in [0.29, 0.717) is 37.4 Å². The van der Waals surface area contributed by atoms with Crippen molar-refractivity contribution in [3.05, 3.63) is 102 Å². The molecule has 1 fully saturated rings. The molecule has 5 rings (SSSR count).